The Morgan fingerprint density at radius 2 is 1.85 bits per heavy atom. The van der Waals surface area contributed by atoms with Crippen molar-refractivity contribution in [2.45, 2.75) is 38.1 Å². The maximum absolute atomic E-state index is 11.8. The average Bonchev–Trinajstić information content (AvgIpc) is 2.92. The van der Waals surface area contributed by atoms with Gasteiger partial charge in [0.25, 0.3) is 0 Å². The van der Waals surface area contributed by atoms with Crippen molar-refractivity contribution in [3.8, 4) is 0 Å². The maximum Gasteiger partial charge on any atom is 0.242 e. The van der Waals surface area contributed by atoms with Crippen LogP contribution in [-0.4, -0.2) is 17.1 Å². The third-order valence-corrected chi connectivity index (χ3v) is 4.03. The fraction of sp³-hybridized carbons (Fsp3) is 0.429. The minimum atomic E-state index is -0.108. The Balaban J connectivity index is 1.69. The molecule has 0 saturated heterocycles. The molecule has 1 fully saturated rings. The molecule has 0 atom stereocenters. The molecule has 0 radical (unpaired) electrons. The highest BCUT2D eigenvalue weighted by atomic mass is 79.9. The van der Waals surface area contributed by atoms with Crippen LogP contribution in [0, 0.1) is 0 Å². The molecule has 6 heteroatoms. The van der Waals surface area contributed by atoms with Gasteiger partial charge in [-0.05, 0) is 42.8 Å². The third-order valence-electron chi connectivity index (χ3n) is 3.28. The molecule has 1 saturated carbocycles. The number of hydrazine groups is 1. The van der Waals surface area contributed by atoms with Crippen LogP contribution in [0.3, 0.4) is 0 Å². The standard InChI is InChI=1S/C14H18BrN3OS/c15-11-7-5-10(6-8-11)9-13(19)17-18-14(20)16-12-3-1-2-4-12/h5-8,12H,1-4,9H2,(H,17,19)(H2,16,18,20). The molecule has 0 heterocycles. The predicted octanol–water partition coefficient (Wildman–Crippen LogP) is 2.43. The Kier molecular flexibility index (Phi) is 5.79. The second-order valence-electron chi connectivity index (χ2n) is 4.93. The molecule has 0 bridgehead atoms. The van der Waals surface area contributed by atoms with Gasteiger partial charge < -0.3 is 5.32 Å². The van der Waals surface area contributed by atoms with Crippen molar-refractivity contribution in [1.29, 1.82) is 0 Å². The van der Waals surface area contributed by atoms with E-state index in [0.717, 1.165) is 22.9 Å². The van der Waals surface area contributed by atoms with Gasteiger partial charge in [-0.15, -0.1) is 0 Å². The van der Waals surface area contributed by atoms with Gasteiger partial charge in [-0.1, -0.05) is 40.9 Å². The number of amides is 1. The zero-order valence-corrected chi connectivity index (χ0v) is 13.5. The quantitative estimate of drug-likeness (QED) is 0.575. The first-order valence-electron chi connectivity index (χ1n) is 6.73. The second kappa shape index (κ2) is 7.59. The Morgan fingerprint density at radius 1 is 1.20 bits per heavy atom. The van der Waals surface area contributed by atoms with Crippen LogP contribution >= 0.6 is 28.1 Å². The van der Waals surface area contributed by atoms with Crippen LogP contribution in [0.2, 0.25) is 0 Å². The molecule has 1 aliphatic carbocycles. The lowest BCUT2D eigenvalue weighted by molar-refractivity contribution is -0.121. The predicted molar refractivity (Wildman–Crippen MR) is 87.1 cm³/mol. The summed E-state index contributed by atoms with van der Waals surface area (Å²) in [4.78, 5) is 11.8. The van der Waals surface area contributed by atoms with Crippen molar-refractivity contribution in [3.63, 3.8) is 0 Å². The molecule has 1 aromatic rings. The first kappa shape index (κ1) is 15.3. The van der Waals surface area contributed by atoms with Gasteiger partial charge in [-0.25, -0.2) is 0 Å². The number of nitrogens with one attached hydrogen (secondary N) is 3. The third kappa shape index (κ3) is 5.09. The van der Waals surface area contributed by atoms with E-state index < -0.39 is 0 Å². The van der Waals surface area contributed by atoms with Gasteiger partial charge in [-0.2, -0.15) is 0 Å². The maximum atomic E-state index is 11.8. The molecule has 4 nitrogen and oxygen atoms in total. The smallest absolute Gasteiger partial charge is 0.242 e. The van der Waals surface area contributed by atoms with Crippen LogP contribution in [0.1, 0.15) is 31.2 Å². The lowest BCUT2D eigenvalue weighted by Crippen LogP contribution is -2.49. The van der Waals surface area contributed by atoms with Crippen molar-refractivity contribution in [3.05, 3.63) is 34.3 Å². The van der Waals surface area contributed by atoms with Crippen LogP contribution < -0.4 is 16.2 Å². The monoisotopic (exact) mass is 355 g/mol. The van der Waals surface area contributed by atoms with Gasteiger partial charge >= 0.3 is 0 Å². The molecule has 1 aromatic carbocycles. The molecule has 0 aromatic heterocycles. The number of halogens is 1. The van der Waals surface area contributed by atoms with Gasteiger partial charge in [0.2, 0.25) is 5.91 Å². The fourth-order valence-electron chi connectivity index (χ4n) is 2.25. The Labute approximate surface area is 132 Å². The van der Waals surface area contributed by atoms with Crippen LogP contribution in [0.15, 0.2) is 28.7 Å². The van der Waals surface area contributed by atoms with Crippen molar-refractivity contribution in [2.75, 3.05) is 0 Å². The molecular formula is C14H18BrN3OS. The molecule has 0 unspecified atom stereocenters. The van der Waals surface area contributed by atoms with E-state index in [9.17, 15) is 4.79 Å². The van der Waals surface area contributed by atoms with Gasteiger partial charge in [0, 0.05) is 10.5 Å². The van der Waals surface area contributed by atoms with E-state index in [-0.39, 0.29) is 5.91 Å². The fourth-order valence-corrected chi connectivity index (χ4v) is 2.73. The number of thiocarbonyl (C=S) groups is 1. The van der Waals surface area contributed by atoms with E-state index in [1.807, 2.05) is 24.3 Å². The van der Waals surface area contributed by atoms with Crippen LogP contribution in [0.4, 0.5) is 0 Å². The van der Waals surface area contributed by atoms with Crippen molar-refractivity contribution in [2.24, 2.45) is 0 Å². The van der Waals surface area contributed by atoms with Crippen molar-refractivity contribution in [1.82, 2.24) is 16.2 Å². The summed E-state index contributed by atoms with van der Waals surface area (Å²) in [6.45, 7) is 0. The number of rotatable bonds is 3. The summed E-state index contributed by atoms with van der Waals surface area (Å²) in [7, 11) is 0. The summed E-state index contributed by atoms with van der Waals surface area (Å²) in [5.41, 5.74) is 6.33. The zero-order valence-electron chi connectivity index (χ0n) is 11.1. The molecule has 1 aliphatic rings. The van der Waals surface area contributed by atoms with Gasteiger partial charge in [0.05, 0.1) is 6.42 Å². The summed E-state index contributed by atoms with van der Waals surface area (Å²) in [5.74, 6) is -0.108. The highest BCUT2D eigenvalue weighted by Crippen LogP contribution is 2.17. The van der Waals surface area contributed by atoms with Crippen LogP contribution in [-0.2, 0) is 11.2 Å². The lowest BCUT2D eigenvalue weighted by Gasteiger charge is -2.16. The summed E-state index contributed by atoms with van der Waals surface area (Å²) >= 11 is 8.51. The molecule has 108 valence electrons. The van der Waals surface area contributed by atoms with Crippen molar-refractivity contribution >= 4 is 39.2 Å². The number of carbonyl (C=O) groups is 1. The molecule has 2 rings (SSSR count). The summed E-state index contributed by atoms with van der Waals surface area (Å²) in [6, 6.07) is 8.11. The summed E-state index contributed by atoms with van der Waals surface area (Å²) < 4.78 is 1.00. The van der Waals surface area contributed by atoms with Gasteiger partial charge in [-0.3, -0.25) is 15.6 Å². The average molecular weight is 356 g/mol. The van der Waals surface area contributed by atoms with Crippen LogP contribution in [0.25, 0.3) is 0 Å². The van der Waals surface area contributed by atoms with E-state index >= 15 is 0 Å². The Hall–Kier alpha value is -1.14. The summed E-state index contributed by atoms with van der Waals surface area (Å²) in [6.07, 6.45) is 5.11. The minimum Gasteiger partial charge on any atom is -0.359 e. The van der Waals surface area contributed by atoms with E-state index in [1.165, 1.54) is 12.8 Å². The Bertz CT molecular complexity index is 472. The number of benzene rings is 1. The number of carbonyl (C=O) groups excluding carboxylic acids is 1. The molecule has 1 amide bonds. The highest BCUT2D eigenvalue weighted by molar-refractivity contribution is 9.10. The first-order valence-corrected chi connectivity index (χ1v) is 7.93. The SMILES string of the molecule is O=C(Cc1ccc(Br)cc1)NNC(=S)NC1CCCC1. The largest absolute Gasteiger partial charge is 0.359 e. The van der Waals surface area contributed by atoms with Gasteiger partial charge in [0.1, 0.15) is 0 Å². The molecule has 0 aliphatic heterocycles. The zero-order chi connectivity index (χ0) is 14.4. The van der Waals surface area contributed by atoms with Crippen LogP contribution in [0.5, 0.6) is 0 Å². The van der Waals surface area contributed by atoms with Crippen molar-refractivity contribution < 1.29 is 4.79 Å². The highest BCUT2D eigenvalue weighted by Gasteiger charge is 2.15. The van der Waals surface area contributed by atoms with E-state index in [2.05, 4.69) is 32.1 Å². The first-order chi connectivity index (χ1) is 9.63. The molecule has 20 heavy (non-hydrogen) atoms. The Morgan fingerprint density at radius 3 is 2.50 bits per heavy atom. The normalized spacial score (nSPS) is 14.8. The molecule has 3 N–H and O–H groups in total. The van der Waals surface area contributed by atoms with E-state index in [1.54, 1.807) is 0 Å². The number of hydrogen-bond donors (Lipinski definition) is 3. The van der Waals surface area contributed by atoms with E-state index in [0.29, 0.717) is 17.6 Å². The second-order valence-corrected chi connectivity index (χ2v) is 6.26. The number of hydrogen-bond acceptors (Lipinski definition) is 2. The minimum absolute atomic E-state index is 0.108. The molecule has 0 spiro atoms. The summed E-state index contributed by atoms with van der Waals surface area (Å²) in [5, 5.41) is 3.69. The van der Waals surface area contributed by atoms with E-state index in [4.69, 9.17) is 12.2 Å². The van der Waals surface area contributed by atoms with Gasteiger partial charge in [0.15, 0.2) is 5.11 Å². The molecular weight excluding hydrogens is 338 g/mol. The topological polar surface area (TPSA) is 53.2 Å². The lowest BCUT2D eigenvalue weighted by atomic mass is 10.1.